The molecular weight excluding hydrogens is 162 g/mol. The van der Waals surface area contributed by atoms with Gasteiger partial charge >= 0.3 is 0 Å². The van der Waals surface area contributed by atoms with Crippen LogP contribution in [-0.2, 0) is 0 Å². The molecule has 0 saturated carbocycles. The molecule has 0 aliphatic carbocycles. The molecule has 0 spiro atoms. The Bertz CT molecular complexity index is 280. The van der Waals surface area contributed by atoms with E-state index >= 15 is 0 Å². The molecule has 0 fully saturated rings. The monoisotopic (exact) mass is 173 g/mol. The molecule has 0 saturated heterocycles. The van der Waals surface area contributed by atoms with Crippen molar-refractivity contribution in [1.82, 2.24) is 0 Å². The first-order chi connectivity index (χ1) is 6.35. The van der Waals surface area contributed by atoms with Crippen molar-refractivity contribution < 1.29 is 0 Å². The van der Waals surface area contributed by atoms with Gasteiger partial charge in [-0.15, -0.1) is 0 Å². The summed E-state index contributed by atoms with van der Waals surface area (Å²) in [5.41, 5.74) is 1.16. The number of benzene rings is 1. The third kappa shape index (κ3) is 6.40. The number of nitrogens with zero attached hydrogens (tertiary/aromatic N) is 2. The van der Waals surface area contributed by atoms with Gasteiger partial charge in [0.25, 0.3) is 0 Å². The summed E-state index contributed by atoms with van der Waals surface area (Å²) in [5, 5.41) is 18.2. The second-order valence-corrected chi connectivity index (χ2v) is 2.11. The predicted molar refractivity (Wildman–Crippen MR) is 51.8 cm³/mol. The molecule has 1 N–H and O–H groups in total. The van der Waals surface area contributed by atoms with Crippen LogP contribution in [0.2, 0.25) is 0 Å². The van der Waals surface area contributed by atoms with Crippen molar-refractivity contribution in [2.45, 2.75) is 6.42 Å². The molecule has 0 aliphatic rings. The number of anilines is 1. The van der Waals surface area contributed by atoms with Crippen LogP contribution in [0.1, 0.15) is 6.42 Å². The van der Waals surface area contributed by atoms with E-state index in [0.717, 1.165) is 5.69 Å². The Morgan fingerprint density at radius 3 is 1.92 bits per heavy atom. The number of nitriles is 2. The van der Waals surface area contributed by atoms with Crippen LogP contribution in [0, 0.1) is 22.7 Å². The lowest BCUT2D eigenvalue weighted by Gasteiger charge is -1.94. The molecule has 0 aliphatic heterocycles. The second-order valence-electron chi connectivity index (χ2n) is 2.11. The molecule has 0 bridgehead atoms. The molecule has 1 aromatic rings. The quantitative estimate of drug-likeness (QED) is 0.707. The summed E-state index contributed by atoms with van der Waals surface area (Å²) >= 11 is 0. The zero-order chi connectivity index (χ0) is 9.94. The van der Waals surface area contributed by atoms with Crippen LogP contribution in [0.4, 0.5) is 5.69 Å². The van der Waals surface area contributed by atoms with Crippen LogP contribution in [0.15, 0.2) is 30.3 Å². The van der Waals surface area contributed by atoms with E-state index in [9.17, 15) is 0 Å². The van der Waals surface area contributed by atoms with Crippen molar-refractivity contribution in [3.8, 4) is 12.1 Å². The van der Waals surface area contributed by atoms with E-state index in [1.807, 2.05) is 37.4 Å². The fraction of sp³-hybridized carbons (Fsp3) is 0.200. The van der Waals surface area contributed by atoms with E-state index in [4.69, 9.17) is 10.5 Å². The van der Waals surface area contributed by atoms with E-state index in [-0.39, 0.29) is 6.42 Å². The smallest absolute Gasteiger partial charge is 0.122 e. The Hall–Kier alpha value is -2.00. The summed E-state index contributed by atoms with van der Waals surface area (Å²) in [4.78, 5) is 0. The van der Waals surface area contributed by atoms with Crippen LogP contribution in [-0.4, -0.2) is 7.05 Å². The van der Waals surface area contributed by atoms with Crippen LogP contribution in [0.25, 0.3) is 0 Å². The maximum atomic E-state index is 7.59. The van der Waals surface area contributed by atoms with E-state index in [2.05, 4.69) is 5.32 Å². The predicted octanol–water partition coefficient (Wildman–Crippen LogP) is 2.15. The molecule has 3 heteroatoms. The highest BCUT2D eigenvalue weighted by atomic mass is 14.8. The summed E-state index contributed by atoms with van der Waals surface area (Å²) in [5.74, 6) is 0. The first-order valence-corrected chi connectivity index (χ1v) is 3.82. The van der Waals surface area contributed by atoms with E-state index < -0.39 is 0 Å². The van der Waals surface area contributed by atoms with Crippen LogP contribution < -0.4 is 5.32 Å². The van der Waals surface area contributed by atoms with Crippen molar-refractivity contribution in [3.05, 3.63) is 30.3 Å². The van der Waals surface area contributed by atoms with Gasteiger partial charge in [0, 0.05) is 12.7 Å². The summed E-state index contributed by atoms with van der Waals surface area (Å²) in [6.07, 6.45) is 0. The molecular formula is C10H11N3. The van der Waals surface area contributed by atoms with Gasteiger partial charge in [0.1, 0.15) is 6.42 Å². The highest BCUT2D eigenvalue weighted by molar-refractivity contribution is 5.41. The molecule has 0 atom stereocenters. The van der Waals surface area contributed by atoms with Crippen molar-refractivity contribution in [2.75, 3.05) is 12.4 Å². The van der Waals surface area contributed by atoms with Gasteiger partial charge in [-0.05, 0) is 12.1 Å². The Morgan fingerprint density at radius 2 is 1.69 bits per heavy atom. The highest BCUT2D eigenvalue weighted by Gasteiger charge is 1.77. The van der Waals surface area contributed by atoms with E-state index in [1.165, 1.54) is 0 Å². The topological polar surface area (TPSA) is 59.6 Å². The Morgan fingerprint density at radius 1 is 1.15 bits per heavy atom. The van der Waals surface area contributed by atoms with E-state index in [1.54, 1.807) is 12.1 Å². The highest BCUT2D eigenvalue weighted by Crippen LogP contribution is 2.01. The minimum absolute atomic E-state index is 0. The van der Waals surface area contributed by atoms with E-state index in [0.29, 0.717) is 0 Å². The van der Waals surface area contributed by atoms with Crippen LogP contribution in [0.3, 0.4) is 0 Å². The molecule has 0 radical (unpaired) electrons. The lowest BCUT2D eigenvalue weighted by atomic mass is 10.3. The lowest BCUT2D eigenvalue weighted by Crippen LogP contribution is -1.84. The van der Waals surface area contributed by atoms with Gasteiger partial charge in [0.2, 0.25) is 0 Å². The largest absolute Gasteiger partial charge is 0.388 e. The molecule has 0 amide bonds. The summed E-state index contributed by atoms with van der Waals surface area (Å²) in [6.45, 7) is 0. The SMILES string of the molecule is CNc1ccccc1.N#CCC#N. The van der Waals surface area contributed by atoms with Gasteiger partial charge < -0.3 is 5.32 Å². The number of para-hydroxylation sites is 1. The van der Waals surface area contributed by atoms with Gasteiger partial charge in [0.15, 0.2) is 0 Å². The molecule has 1 rings (SSSR count). The van der Waals surface area contributed by atoms with Crippen LogP contribution >= 0.6 is 0 Å². The number of hydrogen-bond acceptors (Lipinski definition) is 3. The fourth-order valence-electron chi connectivity index (χ4n) is 0.640. The van der Waals surface area contributed by atoms with Gasteiger partial charge in [-0.2, -0.15) is 10.5 Å². The molecule has 13 heavy (non-hydrogen) atoms. The third-order valence-corrected chi connectivity index (χ3v) is 1.22. The molecule has 1 aromatic carbocycles. The zero-order valence-corrected chi connectivity index (χ0v) is 7.49. The van der Waals surface area contributed by atoms with Crippen molar-refractivity contribution in [1.29, 1.82) is 10.5 Å². The van der Waals surface area contributed by atoms with Crippen LogP contribution in [0.5, 0.6) is 0 Å². The summed E-state index contributed by atoms with van der Waals surface area (Å²) in [7, 11) is 1.91. The third-order valence-electron chi connectivity index (χ3n) is 1.22. The average Bonchev–Trinajstić information content (AvgIpc) is 2.21. The van der Waals surface area contributed by atoms with Gasteiger partial charge in [-0.3, -0.25) is 0 Å². The first-order valence-electron chi connectivity index (χ1n) is 3.82. The fourth-order valence-corrected chi connectivity index (χ4v) is 0.640. The Kier molecular flexibility index (Phi) is 6.85. The first kappa shape index (κ1) is 11.0. The molecule has 66 valence electrons. The molecule has 0 aromatic heterocycles. The van der Waals surface area contributed by atoms with Gasteiger partial charge in [-0.25, -0.2) is 0 Å². The number of nitrogens with one attached hydrogen (secondary N) is 1. The maximum absolute atomic E-state index is 7.59. The minimum atomic E-state index is 0. The van der Waals surface area contributed by atoms with Gasteiger partial charge in [-0.1, -0.05) is 18.2 Å². The number of rotatable bonds is 1. The standard InChI is InChI=1S/C7H9N.C3H2N2/c1-8-7-5-3-2-4-6-7;4-2-1-3-5/h2-6,8H,1H3;1H2. The Balaban J connectivity index is 0.000000252. The van der Waals surface area contributed by atoms with Crippen molar-refractivity contribution >= 4 is 5.69 Å². The summed E-state index contributed by atoms with van der Waals surface area (Å²) < 4.78 is 0. The Labute approximate surface area is 78.2 Å². The second kappa shape index (κ2) is 8.10. The van der Waals surface area contributed by atoms with Crippen molar-refractivity contribution in [3.63, 3.8) is 0 Å². The zero-order valence-electron chi connectivity index (χ0n) is 7.49. The van der Waals surface area contributed by atoms with Gasteiger partial charge in [0.05, 0.1) is 12.1 Å². The molecule has 3 nitrogen and oxygen atoms in total. The molecule has 0 heterocycles. The minimum Gasteiger partial charge on any atom is -0.388 e. The summed E-state index contributed by atoms with van der Waals surface area (Å²) in [6, 6.07) is 13.4. The molecule has 0 unspecified atom stereocenters. The number of hydrogen-bond donors (Lipinski definition) is 1. The maximum Gasteiger partial charge on any atom is 0.122 e. The lowest BCUT2D eigenvalue weighted by molar-refractivity contribution is 1.33. The normalized spacial score (nSPS) is 7.00. The van der Waals surface area contributed by atoms with Crippen molar-refractivity contribution in [2.24, 2.45) is 0 Å². The average molecular weight is 173 g/mol.